The van der Waals surface area contributed by atoms with Crippen molar-refractivity contribution in [3.63, 3.8) is 0 Å². The molecular weight excluding hydrogens is 337 g/mol. The molecule has 2 atom stereocenters. The molecule has 0 fully saturated rings. The number of nitrogens with one attached hydrogen (secondary N) is 1. The number of imidazole rings is 1. The minimum Gasteiger partial charge on any atom is -0.467 e. The van der Waals surface area contributed by atoms with E-state index < -0.39 is 12.1 Å². The maximum absolute atomic E-state index is 14.3. The largest absolute Gasteiger partial charge is 0.467 e. The number of halogens is 1. The second-order valence-corrected chi connectivity index (χ2v) is 6.01. The summed E-state index contributed by atoms with van der Waals surface area (Å²) in [6.45, 7) is 0.655. The first-order valence-corrected chi connectivity index (χ1v) is 8.38. The quantitative estimate of drug-likeness (QED) is 0.614. The fourth-order valence-electron chi connectivity index (χ4n) is 2.71. The summed E-state index contributed by atoms with van der Waals surface area (Å²) in [5.74, 6) is 1.04. The van der Waals surface area contributed by atoms with Gasteiger partial charge in [-0.25, -0.2) is 9.37 Å². The molecule has 2 heterocycles. The van der Waals surface area contributed by atoms with Gasteiger partial charge in [-0.05, 0) is 18.2 Å². The van der Waals surface area contributed by atoms with Crippen LogP contribution in [0.4, 0.5) is 4.39 Å². The van der Waals surface area contributed by atoms with Crippen molar-refractivity contribution in [1.29, 1.82) is 0 Å². The number of nitrogens with zero attached hydrogens (tertiary/aromatic N) is 2. The Bertz CT molecular complexity index is 804. The van der Waals surface area contributed by atoms with E-state index in [2.05, 4.69) is 10.3 Å². The van der Waals surface area contributed by atoms with E-state index in [1.165, 1.54) is 6.07 Å². The number of furan rings is 1. The van der Waals surface area contributed by atoms with Crippen molar-refractivity contribution in [2.75, 3.05) is 13.2 Å². The van der Waals surface area contributed by atoms with Gasteiger partial charge < -0.3 is 24.1 Å². The lowest BCUT2D eigenvalue weighted by molar-refractivity contribution is 0.0218. The van der Waals surface area contributed by atoms with Crippen LogP contribution >= 0.6 is 0 Å². The standard InChI is InChI=1S/C19H22FN3O3/c1-23-9-8-21-19(23)18(16-6-2-3-7-17(16)20)22-11-14(24)12-25-13-15-5-4-10-26-15/h2-10,14,18,22,24H,11-13H2,1H3. The first kappa shape index (κ1) is 18.3. The average Bonchev–Trinajstić information content (AvgIpc) is 3.29. The third-order valence-electron chi connectivity index (χ3n) is 4.03. The van der Waals surface area contributed by atoms with E-state index in [0.717, 1.165) is 0 Å². The molecular formula is C19H22FN3O3. The molecule has 2 N–H and O–H groups in total. The van der Waals surface area contributed by atoms with Crippen molar-refractivity contribution in [2.24, 2.45) is 7.05 Å². The second kappa shape index (κ2) is 8.75. The molecule has 0 amide bonds. The molecule has 0 saturated carbocycles. The van der Waals surface area contributed by atoms with Crippen molar-refractivity contribution in [2.45, 2.75) is 18.8 Å². The van der Waals surface area contributed by atoms with Crippen molar-refractivity contribution < 1.29 is 18.7 Å². The van der Waals surface area contributed by atoms with Crippen LogP contribution in [-0.2, 0) is 18.4 Å². The molecule has 3 aromatic rings. The maximum Gasteiger partial charge on any atom is 0.130 e. The number of aliphatic hydroxyl groups excluding tert-OH is 1. The van der Waals surface area contributed by atoms with Gasteiger partial charge in [-0.15, -0.1) is 0 Å². The molecule has 2 aromatic heterocycles. The Balaban J connectivity index is 1.61. The van der Waals surface area contributed by atoms with Gasteiger partial charge in [0, 0.05) is 31.5 Å². The first-order chi connectivity index (χ1) is 12.6. The van der Waals surface area contributed by atoms with Crippen LogP contribution in [0.15, 0.2) is 59.5 Å². The Morgan fingerprint density at radius 2 is 2.15 bits per heavy atom. The van der Waals surface area contributed by atoms with E-state index in [1.807, 2.05) is 11.6 Å². The van der Waals surface area contributed by atoms with E-state index in [1.54, 1.807) is 49.0 Å². The Morgan fingerprint density at radius 3 is 2.85 bits per heavy atom. The van der Waals surface area contributed by atoms with E-state index in [9.17, 15) is 9.50 Å². The maximum atomic E-state index is 14.3. The highest BCUT2D eigenvalue weighted by Crippen LogP contribution is 2.23. The Kier molecular flexibility index (Phi) is 6.17. The topological polar surface area (TPSA) is 72.5 Å². The predicted molar refractivity (Wildman–Crippen MR) is 93.8 cm³/mol. The number of ether oxygens (including phenoxy) is 1. The van der Waals surface area contributed by atoms with Crippen LogP contribution in [0.3, 0.4) is 0 Å². The van der Waals surface area contributed by atoms with Gasteiger partial charge in [0.15, 0.2) is 0 Å². The van der Waals surface area contributed by atoms with Crippen LogP contribution in [0.1, 0.15) is 23.2 Å². The van der Waals surface area contributed by atoms with Gasteiger partial charge in [0.25, 0.3) is 0 Å². The predicted octanol–water partition coefficient (Wildman–Crippen LogP) is 2.41. The third kappa shape index (κ3) is 4.57. The average molecular weight is 359 g/mol. The highest BCUT2D eigenvalue weighted by Gasteiger charge is 2.22. The highest BCUT2D eigenvalue weighted by molar-refractivity contribution is 5.27. The van der Waals surface area contributed by atoms with E-state index >= 15 is 0 Å². The van der Waals surface area contributed by atoms with Crippen molar-refractivity contribution in [1.82, 2.24) is 14.9 Å². The molecule has 0 saturated heterocycles. The first-order valence-electron chi connectivity index (χ1n) is 8.38. The minimum absolute atomic E-state index is 0.137. The summed E-state index contributed by atoms with van der Waals surface area (Å²) in [6, 6.07) is 9.65. The molecule has 0 aliphatic carbocycles. The molecule has 0 radical (unpaired) electrons. The molecule has 1 aromatic carbocycles. The molecule has 0 aliphatic heterocycles. The van der Waals surface area contributed by atoms with Crippen LogP contribution < -0.4 is 5.32 Å². The van der Waals surface area contributed by atoms with Crippen LogP contribution in [-0.4, -0.2) is 33.9 Å². The smallest absolute Gasteiger partial charge is 0.130 e. The van der Waals surface area contributed by atoms with Crippen LogP contribution in [0.2, 0.25) is 0 Å². The lowest BCUT2D eigenvalue weighted by Gasteiger charge is -2.21. The number of rotatable bonds is 9. The normalized spacial score (nSPS) is 13.7. The molecule has 2 unspecified atom stereocenters. The number of benzene rings is 1. The lowest BCUT2D eigenvalue weighted by atomic mass is 10.1. The molecule has 3 rings (SSSR count). The summed E-state index contributed by atoms with van der Waals surface area (Å²) < 4.78 is 26.7. The SMILES string of the molecule is Cn1ccnc1C(NCC(O)COCc1ccco1)c1ccccc1F. The van der Waals surface area contributed by atoms with Gasteiger partial charge in [-0.2, -0.15) is 0 Å². The van der Waals surface area contributed by atoms with Crippen LogP contribution in [0.25, 0.3) is 0 Å². The number of aromatic nitrogens is 2. The van der Waals surface area contributed by atoms with E-state index in [-0.39, 0.29) is 19.0 Å². The highest BCUT2D eigenvalue weighted by atomic mass is 19.1. The molecule has 26 heavy (non-hydrogen) atoms. The van der Waals surface area contributed by atoms with Crippen molar-refractivity contribution >= 4 is 0 Å². The summed E-state index contributed by atoms with van der Waals surface area (Å²) >= 11 is 0. The zero-order chi connectivity index (χ0) is 18.4. The van der Waals surface area contributed by atoms with E-state index in [0.29, 0.717) is 23.8 Å². The summed E-state index contributed by atoms with van der Waals surface area (Å²) in [5, 5.41) is 13.4. The van der Waals surface area contributed by atoms with Gasteiger partial charge in [-0.3, -0.25) is 0 Å². The molecule has 0 bridgehead atoms. The molecule has 0 spiro atoms. The number of hydrogen-bond donors (Lipinski definition) is 2. The van der Waals surface area contributed by atoms with Crippen molar-refractivity contribution in [3.8, 4) is 0 Å². The van der Waals surface area contributed by atoms with Gasteiger partial charge >= 0.3 is 0 Å². The Hall–Kier alpha value is -2.48. The summed E-state index contributed by atoms with van der Waals surface area (Å²) in [4.78, 5) is 4.32. The zero-order valence-electron chi connectivity index (χ0n) is 14.5. The minimum atomic E-state index is -0.750. The van der Waals surface area contributed by atoms with E-state index in [4.69, 9.17) is 9.15 Å². The van der Waals surface area contributed by atoms with Gasteiger partial charge in [0.2, 0.25) is 0 Å². The van der Waals surface area contributed by atoms with Crippen LogP contribution in [0.5, 0.6) is 0 Å². The monoisotopic (exact) mass is 359 g/mol. The van der Waals surface area contributed by atoms with Crippen LogP contribution in [0, 0.1) is 5.82 Å². The van der Waals surface area contributed by atoms with Gasteiger partial charge in [0.05, 0.1) is 25.0 Å². The summed E-state index contributed by atoms with van der Waals surface area (Å²) in [6.07, 6.45) is 4.28. The Labute approximate surface area is 151 Å². The molecule has 138 valence electrons. The fraction of sp³-hybridized carbons (Fsp3) is 0.316. The summed E-state index contributed by atoms with van der Waals surface area (Å²) in [5.41, 5.74) is 0.477. The lowest BCUT2D eigenvalue weighted by Crippen LogP contribution is -2.35. The molecule has 6 nitrogen and oxygen atoms in total. The zero-order valence-corrected chi connectivity index (χ0v) is 14.5. The van der Waals surface area contributed by atoms with Gasteiger partial charge in [0.1, 0.15) is 24.0 Å². The third-order valence-corrected chi connectivity index (χ3v) is 4.03. The second-order valence-electron chi connectivity index (χ2n) is 6.01. The molecule has 7 heteroatoms. The fourth-order valence-corrected chi connectivity index (χ4v) is 2.71. The number of aliphatic hydroxyl groups is 1. The Morgan fingerprint density at radius 1 is 1.31 bits per heavy atom. The molecule has 0 aliphatic rings. The van der Waals surface area contributed by atoms with Crippen molar-refractivity contribution in [3.05, 3.63) is 78.0 Å². The number of hydrogen-bond acceptors (Lipinski definition) is 5. The summed E-state index contributed by atoms with van der Waals surface area (Å²) in [7, 11) is 1.85. The van der Waals surface area contributed by atoms with Gasteiger partial charge in [-0.1, -0.05) is 18.2 Å². The number of aryl methyl sites for hydroxylation is 1.